The molecule has 0 aromatic carbocycles. The molecule has 0 unspecified atom stereocenters. The highest BCUT2D eigenvalue weighted by Gasteiger charge is 2.50. The maximum Gasteiger partial charge on any atom is 0.0811 e. The van der Waals surface area contributed by atoms with Gasteiger partial charge in [-0.1, -0.05) is 63.8 Å². The zero-order valence-corrected chi connectivity index (χ0v) is 21.1. The van der Waals surface area contributed by atoms with Gasteiger partial charge in [-0.25, -0.2) is 0 Å². The second-order valence-electron chi connectivity index (χ2n) is 12.1. The summed E-state index contributed by atoms with van der Waals surface area (Å²) in [5.41, 5.74) is 3.25. The topological polar surface area (TPSA) is 60.7 Å². The molecule has 3 heteroatoms. The van der Waals surface area contributed by atoms with Crippen molar-refractivity contribution in [2.75, 3.05) is 0 Å². The predicted octanol–water partition coefficient (Wildman–Crippen LogP) is 6.48. The first-order chi connectivity index (χ1) is 15.0. The average molecular weight is 445 g/mol. The van der Waals surface area contributed by atoms with E-state index in [-0.39, 0.29) is 0 Å². The molecule has 6 atom stereocenters. The van der Waals surface area contributed by atoms with E-state index in [1.54, 1.807) is 5.57 Å². The molecule has 0 radical (unpaired) electrons. The molecule has 3 aliphatic carbocycles. The van der Waals surface area contributed by atoms with E-state index in [1.807, 2.05) is 13.8 Å². The number of aliphatic hydroxyl groups is 3. The van der Waals surface area contributed by atoms with Crippen LogP contribution in [0.3, 0.4) is 0 Å². The lowest BCUT2D eigenvalue weighted by atomic mass is 9.60. The largest absolute Gasteiger partial charge is 0.393 e. The van der Waals surface area contributed by atoms with Gasteiger partial charge in [-0.3, -0.25) is 0 Å². The fourth-order valence-electron chi connectivity index (χ4n) is 7.08. The zero-order valence-electron chi connectivity index (χ0n) is 21.1. The third-order valence-electron chi connectivity index (χ3n) is 8.94. The second kappa shape index (κ2) is 10.6. The lowest BCUT2D eigenvalue weighted by molar-refractivity contribution is 0.0672. The number of hydrogen-bond acceptors (Lipinski definition) is 3. The Balaban J connectivity index is 1.61. The number of unbranched alkanes of at least 4 members (excludes halogenated alkanes) is 2. The van der Waals surface area contributed by atoms with Gasteiger partial charge in [0.15, 0.2) is 0 Å². The summed E-state index contributed by atoms with van der Waals surface area (Å²) in [5.74, 6) is 2.22. The van der Waals surface area contributed by atoms with Gasteiger partial charge in [-0.05, 0) is 93.1 Å². The van der Waals surface area contributed by atoms with E-state index >= 15 is 0 Å². The average Bonchev–Trinajstić information content (AvgIpc) is 3.06. The van der Waals surface area contributed by atoms with Crippen LogP contribution >= 0.6 is 0 Å². The van der Waals surface area contributed by atoms with Gasteiger partial charge in [-0.2, -0.15) is 0 Å². The summed E-state index contributed by atoms with van der Waals surface area (Å²) in [6.45, 7) is 12.9. The van der Waals surface area contributed by atoms with Gasteiger partial charge < -0.3 is 15.3 Å². The van der Waals surface area contributed by atoms with E-state index in [9.17, 15) is 15.3 Å². The minimum Gasteiger partial charge on any atom is -0.393 e. The molecule has 0 heterocycles. The maximum absolute atomic E-state index is 10.2. The van der Waals surface area contributed by atoms with E-state index in [2.05, 4.69) is 32.6 Å². The summed E-state index contributed by atoms with van der Waals surface area (Å²) in [7, 11) is 0. The standard InChI is InChI=1S/C29H48O3/c1-20(10-7-6-8-16-28(3,4)32)25-14-15-26-22(11-9-17-29(25,26)5)12-13-23-18-24(30)19-27(31)21(23)2/h12-13,20,24-27,30-32H,2,6-11,14-19H2,1,3-5H3/t20-,24-,25-,26+,27+,29-/m1/s1. The Kier molecular flexibility index (Phi) is 8.50. The van der Waals surface area contributed by atoms with Gasteiger partial charge in [0.25, 0.3) is 0 Å². The normalized spacial score (nSPS) is 37.2. The Hall–Kier alpha value is -0.900. The summed E-state index contributed by atoms with van der Waals surface area (Å²) in [6.07, 6.45) is 16.6. The van der Waals surface area contributed by atoms with Crippen molar-refractivity contribution in [1.82, 2.24) is 0 Å². The fraction of sp³-hybridized carbons (Fsp3) is 0.793. The van der Waals surface area contributed by atoms with Crippen LogP contribution < -0.4 is 0 Å². The van der Waals surface area contributed by atoms with E-state index in [4.69, 9.17) is 0 Å². The van der Waals surface area contributed by atoms with Gasteiger partial charge in [0.1, 0.15) is 0 Å². The van der Waals surface area contributed by atoms with E-state index < -0.39 is 17.8 Å². The Bertz CT molecular complexity index is 712. The fourth-order valence-corrected chi connectivity index (χ4v) is 7.08. The zero-order chi connectivity index (χ0) is 23.5. The van der Waals surface area contributed by atoms with E-state index in [1.165, 1.54) is 51.4 Å². The lowest BCUT2D eigenvalue weighted by Crippen LogP contribution is -2.36. The summed E-state index contributed by atoms with van der Waals surface area (Å²) >= 11 is 0. The van der Waals surface area contributed by atoms with E-state index in [0.717, 1.165) is 35.8 Å². The quantitative estimate of drug-likeness (QED) is 0.375. The smallest absolute Gasteiger partial charge is 0.0811 e. The number of hydrogen-bond donors (Lipinski definition) is 3. The predicted molar refractivity (Wildman–Crippen MR) is 133 cm³/mol. The van der Waals surface area contributed by atoms with Gasteiger partial charge in [-0.15, -0.1) is 0 Å². The number of aliphatic hydroxyl groups excluding tert-OH is 2. The van der Waals surface area contributed by atoms with Crippen molar-refractivity contribution in [3.05, 3.63) is 35.5 Å². The minimum absolute atomic E-state index is 0.400. The lowest BCUT2D eigenvalue weighted by Gasteiger charge is -2.44. The van der Waals surface area contributed by atoms with Crippen LogP contribution in [0.2, 0.25) is 0 Å². The molecule has 0 aromatic heterocycles. The van der Waals surface area contributed by atoms with Gasteiger partial charge in [0, 0.05) is 6.42 Å². The van der Waals surface area contributed by atoms with Crippen LogP contribution in [0.5, 0.6) is 0 Å². The van der Waals surface area contributed by atoms with Crippen LogP contribution in [-0.4, -0.2) is 33.1 Å². The van der Waals surface area contributed by atoms with Crippen LogP contribution in [0.25, 0.3) is 0 Å². The Morgan fingerprint density at radius 3 is 2.62 bits per heavy atom. The maximum atomic E-state index is 10.2. The number of rotatable bonds is 8. The first-order valence-corrected chi connectivity index (χ1v) is 13.2. The van der Waals surface area contributed by atoms with Gasteiger partial charge in [0.05, 0.1) is 17.8 Å². The molecule has 0 aromatic rings. The molecular weight excluding hydrogens is 396 g/mol. The Morgan fingerprint density at radius 2 is 1.91 bits per heavy atom. The van der Waals surface area contributed by atoms with Crippen LogP contribution in [0.15, 0.2) is 35.5 Å². The van der Waals surface area contributed by atoms with Crippen LogP contribution in [-0.2, 0) is 0 Å². The van der Waals surface area contributed by atoms with Crippen molar-refractivity contribution < 1.29 is 15.3 Å². The molecule has 3 saturated carbocycles. The minimum atomic E-state index is -0.611. The molecule has 32 heavy (non-hydrogen) atoms. The molecule has 0 aliphatic heterocycles. The molecule has 3 aliphatic rings. The van der Waals surface area contributed by atoms with Crippen molar-refractivity contribution in [2.24, 2.45) is 23.2 Å². The number of fused-ring (bicyclic) bond motifs is 1. The highest BCUT2D eigenvalue weighted by atomic mass is 16.3. The molecular formula is C29H48O3. The van der Waals surface area contributed by atoms with Gasteiger partial charge >= 0.3 is 0 Å². The molecule has 0 amide bonds. The van der Waals surface area contributed by atoms with Gasteiger partial charge in [0.2, 0.25) is 0 Å². The van der Waals surface area contributed by atoms with Crippen molar-refractivity contribution in [3.8, 4) is 0 Å². The highest BCUT2D eigenvalue weighted by molar-refractivity contribution is 5.38. The Labute approximate surface area is 196 Å². The first kappa shape index (κ1) is 25.7. The van der Waals surface area contributed by atoms with Crippen molar-refractivity contribution in [3.63, 3.8) is 0 Å². The summed E-state index contributed by atoms with van der Waals surface area (Å²) in [6, 6.07) is 0. The molecule has 0 spiro atoms. The molecule has 0 bridgehead atoms. The highest BCUT2D eigenvalue weighted by Crippen LogP contribution is 2.60. The summed E-state index contributed by atoms with van der Waals surface area (Å²) in [4.78, 5) is 0. The first-order valence-electron chi connectivity index (χ1n) is 13.2. The van der Waals surface area contributed by atoms with Crippen LogP contribution in [0, 0.1) is 23.2 Å². The van der Waals surface area contributed by atoms with Crippen molar-refractivity contribution in [1.29, 1.82) is 0 Å². The molecule has 3 N–H and O–H groups in total. The summed E-state index contributed by atoms with van der Waals surface area (Å²) in [5, 5.41) is 30.1. The van der Waals surface area contributed by atoms with Crippen LogP contribution in [0.1, 0.15) is 105 Å². The SMILES string of the molecule is C=C1C(=CC=C2CCC[C@]3(C)[C@@H]([C@H](C)CCCCCC(C)(C)O)CC[C@@H]23)C[C@@H](O)C[C@@H]1O. The second-order valence-corrected chi connectivity index (χ2v) is 12.1. The molecule has 3 nitrogen and oxygen atoms in total. The van der Waals surface area contributed by atoms with Crippen LogP contribution in [0.4, 0.5) is 0 Å². The molecule has 3 rings (SSSR count). The van der Waals surface area contributed by atoms with E-state index in [0.29, 0.717) is 24.2 Å². The number of allylic oxidation sites excluding steroid dienone is 3. The monoisotopic (exact) mass is 444 g/mol. The molecule has 182 valence electrons. The molecule has 0 saturated heterocycles. The Morgan fingerprint density at radius 1 is 1.16 bits per heavy atom. The van der Waals surface area contributed by atoms with Crippen molar-refractivity contribution in [2.45, 2.75) is 123 Å². The third-order valence-corrected chi connectivity index (χ3v) is 8.94. The third kappa shape index (κ3) is 6.15. The molecule has 3 fully saturated rings. The summed E-state index contributed by atoms with van der Waals surface area (Å²) < 4.78 is 0. The van der Waals surface area contributed by atoms with Crippen molar-refractivity contribution >= 4 is 0 Å².